The van der Waals surface area contributed by atoms with Gasteiger partial charge in [-0.3, -0.25) is 9.36 Å². The highest BCUT2D eigenvalue weighted by molar-refractivity contribution is 7.10. The molecule has 3 aromatic rings. The predicted octanol–water partition coefficient (Wildman–Crippen LogP) is 1.95. The largest absolute Gasteiger partial charge is 0.299 e. The zero-order chi connectivity index (χ0) is 12.5. The SMILES string of the molecule is O=c1cnc2ccccc2n1Cc1nnsc1Cl. The number of hydrogen-bond donors (Lipinski definition) is 0. The van der Waals surface area contributed by atoms with Crippen molar-refractivity contribution in [3.8, 4) is 0 Å². The maximum absolute atomic E-state index is 11.9. The van der Waals surface area contributed by atoms with Crippen molar-refractivity contribution in [3.63, 3.8) is 0 Å². The Balaban J connectivity index is 2.19. The molecule has 0 N–H and O–H groups in total. The maximum Gasteiger partial charge on any atom is 0.269 e. The lowest BCUT2D eigenvalue weighted by Gasteiger charge is -2.07. The molecule has 0 saturated heterocycles. The smallest absolute Gasteiger partial charge is 0.269 e. The van der Waals surface area contributed by atoms with Gasteiger partial charge in [-0.1, -0.05) is 28.2 Å². The van der Waals surface area contributed by atoms with Gasteiger partial charge in [0, 0.05) is 11.5 Å². The summed E-state index contributed by atoms with van der Waals surface area (Å²) in [5.41, 5.74) is 1.93. The van der Waals surface area contributed by atoms with E-state index in [-0.39, 0.29) is 5.56 Å². The van der Waals surface area contributed by atoms with Crippen LogP contribution in [0.2, 0.25) is 4.34 Å². The number of nitrogens with zero attached hydrogens (tertiary/aromatic N) is 4. The molecule has 0 aliphatic rings. The molecule has 18 heavy (non-hydrogen) atoms. The summed E-state index contributed by atoms with van der Waals surface area (Å²) in [5.74, 6) is 0. The Hall–Kier alpha value is -1.79. The Morgan fingerprint density at radius 3 is 2.94 bits per heavy atom. The molecule has 5 nitrogen and oxygen atoms in total. The minimum absolute atomic E-state index is 0.183. The molecule has 0 fully saturated rings. The van der Waals surface area contributed by atoms with Crippen LogP contribution < -0.4 is 5.56 Å². The first-order valence-corrected chi connectivity index (χ1v) is 6.32. The lowest BCUT2D eigenvalue weighted by Crippen LogP contribution is -2.21. The van der Waals surface area contributed by atoms with Crippen molar-refractivity contribution in [2.24, 2.45) is 0 Å². The Bertz CT molecular complexity index is 767. The third kappa shape index (κ3) is 1.89. The number of rotatable bonds is 2. The van der Waals surface area contributed by atoms with Gasteiger partial charge in [-0.25, -0.2) is 4.98 Å². The zero-order valence-electron chi connectivity index (χ0n) is 9.08. The molecule has 0 atom stereocenters. The van der Waals surface area contributed by atoms with Crippen LogP contribution >= 0.6 is 23.1 Å². The van der Waals surface area contributed by atoms with Crippen molar-refractivity contribution in [2.45, 2.75) is 6.54 Å². The first-order chi connectivity index (χ1) is 8.75. The predicted molar refractivity (Wildman–Crippen MR) is 70.0 cm³/mol. The van der Waals surface area contributed by atoms with Crippen LogP contribution in [0.25, 0.3) is 11.0 Å². The molecule has 0 aliphatic carbocycles. The second-order valence-electron chi connectivity index (χ2n) is 3.66. The van der Waals surface area contributed by atoms with Gasteiger partial charge in [0.15, 0.2) is 0 Å². The van der Waals surface area contributed by atoms with E-state index >= 15 is 0 Å². The molecule has 90 valence electrons. The fraction of sp³-hybridized carbons (Fsp3) is 0.0909. The Kier molecular flexibility index (Phi) is 2.81. The molecule has 0 bridgehead atoms. The average Bonchev–Trinajstić information content (AvgIpc) is 2.79. The highest BCUT2D eigenvalue weighted by Crippen LogP contribution is 2.19. The van der Waals surface area contributed by atoms with Gasteiger partial charge < -0.3 is 0 Å². The summed E-state index contributed by atoms with van der Waals surface area (Å²) in [5, 5.41) is 3.92. The fourth-order valence-electron chi connectivity index (χ4n) is 1.72. The second kappa shape index (κ2) is 4.47. The van der Waals surface area contributed by atoms with Crippen LogP contribution in [0.15, 0.2) is 35.3 Å². The van der Waals surface area contributed by atoms with Gasteiger partial charge in [-0.2, -0.15) is 0 Å². The summed E-state index contributed by atoms with van der Waals surface area (Å²) >= 11 is 7.06. The van der Waals surface area contributed by atoms with Crippen LogP contribution in [0.3, 0.4) is 0 Å². The minimum atomic E-state index is -0.183. The summed E-state index contributed by atoms with van der Waals surface area (Å²) < 4.78 is 5.85. The van der Waals surface area contributed by atoms with E-state index in [0.29, 0.717) is 16.6 Å². The van der Waals surface area contributed by atoms with Crippen LogP contribution in [-0.4, -0.2) is 19.1 Å². The van der Waals surface area contributed by atoms with E-state index in [2.05, 4.69) is 14.6 Å². The lowest BCUT2D eigenvalue weighted by molar-refractivity contribution is 0.760. The van der Waals surface area contributed by atoms with Crippen molar-refractivity contribution in [1.29, 1.82) is 0 Å². The zero-order valence-corrected chi connectivity index (χ0v) is 10.6. The lowest BCUT2D eigenvalue weighted by atomic mass is 10.3. The van der Waals surface area contributed by atoms with Crippen molar-refractivity contribution in [1.82, 2.24) is 19.1 Å². The molecule has 0 radical (unpaired) electrons. The van der Waals surface area contributed by atoms with E-state index in [4.69, 9.17) is 11.6 Å². The first kappa shape index (κ1) is 11.3. The molecule has 7 heteroatoms. The van der Waals surface area contributed by atoms with Crippen molar-refractivity contribution in [3.05, 3.63) is 50.8 Å². The molecule has 2 aromatic heterocycles. The number of fused-ring (bicyclic) bond motifs is 1. The van der Waals surface area contributed by atoms with Gasteiger partial charge in [-0.15, -0.1) is 5.10 Å². The number of benzene rings is 1. The van der Waals surface area contributed by atoms with Crippen molar-refractivity contribution in [2.75, 3.05) is 0 Å². The summed E-state index contributed by atoms with van der Waals surface area (Å²) in [7, 11) is 0. The molecule has 0 amide bonds. The van der Waals surface area contributed by atoms with Gasteiger partial charge in [0.2, 0.25) is 0 Å². The molecular weight excluding hydrogens is 272 g/mol. The number of aromatic nitrogens is 4. The second-order valence-corrected chi connectivity index (χ2v) is 5.02. The third-order valence-electron chi connectivity index (χ3n) is 2.57. The van der Waals surface area contributed by atoms with Crippen LogP contribution in [0.4, 0.5) is 0 Å². The quantitative estimate of drug-likeness (QED) is 0.719. The first-order valence-electron chi connectivity index (χ1n) is 5.17. The van der Waals surface area contributed by atoms with Crippen molar-refractivity contribution >= 4 is 34.2 Å². The third-order valence-corrected chi connectivity index (χ3v) is 3.55. The van der Waals surface area contributed by atoms with Gasteiger partial charge in [0.05, 0.1) is 23.8 Å². The summed E-state index contributed by atoms with van der Waals surface area (Å²) in [6.07, 6.45) is 1.30. The molecule has 0 saturated carbocycles. The summed E-state index contributed by atoms with van der Waals surface area (Å²) in [6, 6.07) is 7.44. The number of para-hydroxylation sites is 2. The molecular formula is C11H7ClN4OS. The number of hydrogen-bond acceptors (Lipinski definition) is 5. The van der Waals surface area contributed by atoms with Crippen LogP contribution in [-0.2, 0) is 6.54 Å². The van der Waals surface area contributed by atoms with Crippen molar-refractivity contribution < 1.29 is 0 Å². The topological polar surface area (TPSA) is 60.7 Å². The molecule has 0 aliphatic heterocycles. The highest BCUT2D eigenvalue weighted by Gasteiger charge is 2.09. The minimum Gasteiger partial charge on any atom is -0.299 e. The van der Waals surface area contributed by atoms with Gasteiger partial charge in [0.25, 0.3) is 5.56 Å². The Morgan fingerprint density at radius 1 is 1.33 bits per heavy atom. The number of halogens is 1. The summed E-state index contributed by atoms with van der Waals surface area (Å²) in [4.78, 5) is 16.0. The van der Waals surface area contributed by atoms with Gasteiger partial charge in [0.1, 0.15) is 10.0 Å². The molecule has 0 unspecified atom stereocenters. The van der Waals surface area contributed by atoms with E-state index in [0.717, 1.165) is 22.6 Å². The van der Waals surface area contributed by atoms with E-state index in [1.165, 1.54) is 6.20 Å². The normalized spacial score (nSPS) is 10.9. The highest BCUT2D eigenvalue weighted by atomic mass is 35.5. The monoisotopic (exact) mass is 278 g/mol. The fourth-order valence-corrected chi connectivity index (χ4v) is 2.33. The molecule has 0 spiro atoms. The maximum atomic E-state index is 11.9. The van der Waals surface area contributed by atoms with E-state index in [1.54, 1.807) is 4.57 Å². The average molecular weight is 279 g/mol. The van der Waals surface area contributed by atoms with E-state index in [1.807, 2.05) is 24.3 Å². The van der Waals surface area contributed by atoms with E-state index < -0.39 is 0 Å². The van der Waals surface area contributed by atoms with Crippen LogP contribution in [0.5, 0.6) is 0 Å². The Labute approximate surface area is 111 Å². The summed E-state index contributed by atoms with van der Waals surface area (Å²) in [6.45, 7) is 0.303. The van der Waals surface area contributed by atoms with Gasteiger partial charge >= 0.3 is 0 Å². The molecule has 1 aromatic carbocycles. The van der Waals surface area contributed by atoms with E-state index in [9.17, 15) is 4.79 Å². The Morgan fingerprint density at radius 2 is 2.17 bits per heavy atom. The molecule has 3 rings (SSSR count). The molecule has 2 heterocycles. The van der Waals surface area contributed by atoms with Crippen LogP contribution in [0.1, 0.15) is 5.69 Å². The van der Waals surface area contributed by atoms with Crippen LogP contribution in [0, 0.1) is 0 Å². The van der Waals surface area contributed by atoms with Gasteiger partial charge in [-0.05, 0) is 12.1 Å². The standard InChI is InChI=1S/C11H7ClN4OS/c12-11-8(14-15-18-11)6-16-9-4-2-1-3-7(9)13-5-10(16)17/h1-5H,6H2.